The molecule has 106 valence electrons. The smallest absolute Gasteiger partial charge is 0.186 e. The van der Waals surface area contributed by atoms with E-state index in [2.05, 4.69) is 10.1 Å². The predicted molar refractivity (Wildman–Crippen MR) is 73.4 cm³/mol. The molecule has 20 heavy (non-hydrogen) atoms. The number of nitrogens with zero attached hydrogens (tertiary/aromatic N) is 3. The molecule has 0 aliphatic rings. The van der Waals surface area contributed by atoms with Crippen LogP contribution in [-0.4, -0.2) is 34.8 Å². The molecule has 0 saturated heterocycles. The van der Waals surface area contributed by atoms with E-state index in [1.807, 2.05) is 6.20 Å². The number of oxime groups is 1. The highest BCUT2D eigenvalue weighted by Gasteiger charge is 2.13. The molecular weight excluding hydrogens is 260 g/mol. The zero-order valence-electron chi connectivity index (χ0n) is 11.3. The molecule has 0 aliphatic heterocycles. The van der Waals surface area contributed by atoms with Crippen LogP contribution in [0.1, 0.15) is 11.4 Å². The molecule has 7 nitrogen and oxygen atoms in total. The van der Waals surface area contributed by atoms with Crippen molar-refractivity contribution in [2.75, 3.05) is 14.2 Å². The molecule has 2 aromatic rings. The van der Waals surface area contributed by atoms with Crippen LogP contribution in [0.25, 0.3) is 0 Å². The van der Waals surface area contributed by atoms with E-state index in [9.17, 15) is 0 Å². The van der Waals surface area contributed by atoms with Crippen molar-refractivity contribution in [3.05, 3.63) is 42.0 Å². The lowest BCUT2D eigenvalue weighted by molar-refractivity contribution is 0.318. The van der Waals surface area contributed by atoms with Gasteiger partial charge in [-0.25, -0.2) is 0 Å². The number of ether oxygens (including phenoxy) is 2. The zero-order chi connectivity index (χ0) is 14.5. The third kappa shape index (κ3) is 2.51. The van der Waals surface area contributed by atoms with Gasteiger partial charge in [0.05, 0.1) is 26.5 Å². The van der Waals surface area contributed by atoms with Crippen molar-refractivity contribution in [2.45, 2.75) is 6.54 Å². The minimum atomic E-state index is 0.0388. The van der Waals surface area contributed by atoms with Crippen molar-refractivity contribution in [1.82, 2.24) is 9.55 Å². The first-order valence-electron chi connectivity index (χ1n) is 5.90. The van der Waals surface area contributed by atoms with Gasteiger partial charge in [0.1, 0.15) is 5.69 Å². The Kier molecular flexibility index (Phi) is 4.09. The first-order valence-corrected chi connectivity index (χ1v) is 5.90. The topological polar surface area (TPSA) is 94.9 Å². The highest BCUT2D eigenvalue weighted by atomic mass is 16.5. The van der Waals surface area contributed by atoms with Crippen molar-refractivity contribution in [3.8, 4) is 11.5 Å². The minimum absolute atomic E-state index is 0.0388. The fourth-order valence-corrected chi connectivity index (χ4v) is 1.96. The zero-order valence-corrected chi connectivity index (χ0v) is 11.3. The Morgan fingerprint density at radius 1 is 1.40 bits per heavy atom. The third-order valence-electron chi connectivity index (χ3n) is 2.89. The second kappa shape index (κ2) is 5.96. The molecule has 0 amide bonds. The van der Waals surface area contributed by atoms with Gasteiger partial charge in [-0.2, -0.15) is 0 Å². The van der Waals surface area contributed by atoms with Crippen LogP contribution in [0.15, 0.2) is 35.7 Å². The van der Waals surface area contributed by atoms with Crippen molar-refractivity contribution in [3.63, 3.8) is 0 Å². The number of pyridine rings is 1. The Hall–Kier alpha value is -2.70. The lowest BCUT2D eigenvalue weighted by Crippen LogP contribution is -2.19. The SMILES string of the molecule is COc1ccnc(Cn2cccc2/C(N)=N/O)c1OC. The lowest BCUT2D eigenvalue weighted by atomic mass is 10.3. The maximum atomic E-state index is 8.77. The van der Waals surface area contributed by atoms with Crippen LogP contribution in [0.4, 0.5) is 0 Å². The summed E-state index contributed by atoms with van der Waals surface area (Å²) in [6, 6.07) is 5.28. The van der Waals surface area contributed by atoms with Gasteiger partial charge >= 0.3 is 0 Å². The van der Waals surface area contributed by atoms with E-state index in [4.69, 9.17) is 20.4 Å². The molecule has 7 heteroatoms. The monoisotopic (exact) mass is 276 g/mol. The van der Waals surface area contributed by atoms with Crippen LogP contribution in [0.5, 0.6) is 11.5 Å². The number of amidine groups is 1. The summed E-state index contributed by atoms with van der Waals surface area (Å²) in [6.45, 7) is 0.416. The van der Waals surface area contributed by atoms with Crippen LogP contribution < -0.4 is 15.2 Å². The van der Waals surface area contributed by atoms with E-state index >= 15 is 0 Å². The van der Waals surface area contributed by atoms with Gasteiger partial charge < -0.3 is 25.0 Å². The van der Waals surface area contributed by atoms with E-state index in [0.717, 1.165) is 0 Å². The Morgan fingerprint density at radius 2 is 2.20 bits per heavy atom. The van der Waals surface area contributed by atoms with Crippen LogP contribution in [0, 0.1) is 0 Å². The molecular formula is C13H16N4O3. The van der Waals surface area contributed by atoms with Crippen molar-refractivity contribution >= 4 is 5.84 Å². The molecule has 0 saturated carbocycles. The molecule has 0 atom stereocenters. The number of rotatable bonds is 5. The van der Waals surface area contributed by atoms with Gasteiger partial charge in [-0.3, -0.25) is 4.98 Å². The first-order chi connectivity index (χ1) is 9.71. The standard InChI is InChI=1S/C13H16N4O3/c1-19-11-5-6-15-9(12(11)20-2)8-17-7-3-4-10(17)13(14)16-18/h3-7,18H,8H2,1-2H3,(H2,14,16). The van der Waals surface area contributed by atoms with Gasteiger partial charge in [0, 0.05) is 18.5 Å². The molecule has 3 N–H and O–H groups in total. The molecule has 2 rings (SSSR count). The number of nitrogens with two attached hydrogens (primary N) is 1. The summed E-state index contributed by atoms with van der Waals surface area (Å²) in [5.74, 6) is 1.21. The quantitative estimate of drug-likeness (QED) is 0.368. The maximum Gasteiger partial charge on any atom is 0.186 e. The van der Waals surface area contributed by atoms with Gasteiger partial charge in [0.15, 0.2) is 17.3 Å². The average molecular weight is 276 g/mol. The third-order valence-corrected chi connectivity index (χ3v) is 2.89. The highest BCUT2D eigenvalue weighted by Crippen LogP contribution is 2.29. The lowest BCUT2D eigenvalue weighted by Gasteiger charge is -2.13. The normalized spacial score (nSPS) is 11.4. The molecule has 2 aromatic heterocycles. The Bertz CT molecular complexity index is 622. The number of aromatic nitrogens is 2. The minimum Gasteiger partial charge on any atom is -0.493 e. The summed E-state index contributed by atoms with van der Waals surface area (Å²) in [4.78, 5) is 4.29. The van der Waals surface area contributed by atoms with E-state index < -0.39 is 0 Å². The van der Waals surface area contributed by atoms with Crippen LogP contribution in [-0.2, 0) is 6.54 Å². The number of hydrogen-bond acceptors (Lipinski definition) is 5. The van der Waals surface area contributed by atoms with E-state index in [0.29, 0.717) is 29.4 Å². The van der Waals surface area contributed by atoms with Crippen LogP contribution in [0.2, 0.25) is 0 Å². The fraction of sp³-hybridized carbons (Fsp3) is 0.231. The Balaban J connectivity index is 2.38. The fourth-order valence-electron chi connectivity index (χ4n) is 1.96. The van der Waals surface area contributed by atoms with Crippen LogP contribution in [0.3, 0.4) is 0 Å². The summed E-state index contributed by atoms with van der Waals surface area (Å²) < 4.78 is 12.4. The Morgan fingerprint density at radius 3 is 2.85 bits per heavy atom. The molecule has 0 bridgehead atoms. The van der Waals surface area contributed by atoms with Crippen LogP contribution >= 0.6 is 0 Å². The number of methoxy groups -OCH3 is 2. The molecule has 2 heterocycles. The van der Waals surface area contributed by atoms with E-state index in [1.165, 1.54) is 0 Å². The second-order valence-corrected chi connectivity index (χ2v) is 4.00. The molecule has 0 aliphatic carbocycles. The van der Waals surface area contributed by atoms with Crippen molar-refractivity contribution < 1.29 is 14.7 Å². The van der Waals surface area contributed by atoms with Gasteiger partial charge in [-0.05, 0) is 12.1 Å². The van der Waals surface area contributed by atoms with Gasteiger partial charge in [-0.15, -0.1) is 0 Å². The van der Waals surface area contributed by atoms with Gasteiger partial charge in [-0.1, -0.05) is 5.16 Å². The summed E-state index contributed by atoms with van der Waals surface area (Å²) in [5.41, 5.74) is 6.91. The molecule has 0 spiro atoms. The van der Waals surface area contributed by atoms with Gasteiger partial charge in [0.25, 0.3) is 0 Å². The van der Waals surface area contributed by atoms with E-state index in [-0.39, 0.29) is 5.84 Å². The maximum absolute atomic E-state index is 8.77. The first kappa shape index (κ1) is 13.7. The summed E-state index contributed by atoms with van der Waals surface area (Å²) in [6.07, 6.45) is 3.46. The molecule has 0 fully saturated rings. The Labute approximate surface area is 116 Å². The molecule has 0 radical (unpaired) electrons. The largest absolute Gasteiger partial charge is 0.493 e. The van der Waals surface area contributed by atoms with Gasteiger partial charge in [0.2, 0.25) is 0 Å². The summed E-state index contributed by atoms with van der Waals surface area (Å²) in [5, 5.41) is 11.8. The predicted octanol–water partition coefficient (Wildman–Crippen LogP) is 1.04. The van der Waals surface area contributed by atoms with E-state index in [1.54, 1.807) is 43.2 Å². The van der Waals surface area contributed by atoms with Crippen molar-refractivity contribution in [2.24, 2.45) is 10.9 Å². The molecule has 0 aromatic carbocycles. The average Bonchev–Trinajstić information content (AvgIpc) is 2.94. The highest BCUT2D eigenvalue weighted by molar-refractivity contribution is 5.95. The summed E-state index contributed by atoms with van der Waals surface area (Å²) in [7, 11) is 3.13. The summed E-state index contributed by atoms with van der Waals surface area (Å²) >= 11 is 0. The second-order valence-electron chi connectivity index (χ2n) is 4.00. The number of hydrogen-bond donors (Lipinski definition) is 2. The van der Waals surface area contributed by atoms with Crippen molar-refractivity contribution in [1.29, 1.82) is 0 Å². The molecule has 0 unspecified atom stereocenters.